The van der Waals surface area contributed by atoms with Crippen LogP contribution in [0, 0.1) is 0 Å². The van der Waals surface area contributed by atoms with Crippen molar-refractivity contribution in [3.05, 3.63) is 29.8 Å². The van der Waals surface area contributed by atoms with Crippen molar-refractivity contribution >= 4 is 5.91 Å². The predicted molar refractivity (Wildman–Crippen MR) is 61.6 cm³/mol. The molecule has 1 aromatic carbocycles. The van der Waals surface area contributed by atoms with E-state index in [1.165, 1.54) is 12.7 Å². The van der Waals surface area contributed by atoms with Gasteiger partial charge in [-0.3, -0.25) is 4.79 Å². The molecule has 1 rings (SSSR count). The van der Waals surface area contributed by atoms with Crippen LogP contribution >= 0.6 is 0 Å². The SMILES string of the molecule is COCC(=O)NCCc1ccc(OC)cc1. The number of nitrogens with one attached hydrogen (secondary N) is 1. The number of hydrogen-bond acceptors (Lipinski definition) is 3. The minimum atomic E-state index is -0.0870. The fourth-order valence-corrected chi connectivity index (χ4v) is 1.32. The summed E-state index contributed by atoms with van der Waals surface area (Å²) in [6.45, 7) is 0.733. The number of methoxy groups -OCH3 is 2. The minimum Gasteiger partial charge on any atom is -0.497 e. The monoisotopic (exact) mass is 223 g/mol. The Labute approximate surface area is 95.6 Å². The molecule has 0 saturated heterocycles. The Morgan fingerprint density at radius 1 is 1.25 bits per heavy atom. The van der Waals surface area contributed by atoms with Crippen LogP contribution in [0.25, 0.3) is 0 Å². The van der Waals surface area contributed by atoms with E-state index in [1.54, 1.807) is 7.11 Å². The molecule has 4 heteroatoms. The van der Waals surface area contributed by atoms with Crippen molar-refractivity contribution in [2.75, 3.05) is 27.4 Å². The molecule has 1 aromatic rings. The Hall–Kier alpha value is -1.55. The standard InChI is InChI=1S/C12H17NO3/c1-15-9-12(14)13-8-7-10-3-5-11(16-2)6-4-10/h3-6H,7-9H2,1-2H3,(H,13,14). The third kappa shape index (κ3) is 4.31. The van der Waals surface area contributed by atoms with Gasteiger partial charge in [0.05, 0.1) is 7.11 Å². The highest BCUT2D eigenvalue weighted by molar-refractivity contribution is 5.77. The summed E-state index contributed by atoms with van der Waals surface area (Å²) in [7, 11) is 3.14. The zero-order chi connectivity index (χ0) is 11.8. The maximum Gasteiger partial charge on any atom is 0.245 e. The molecule has 16 heavy (non-hydrogen) atoms. The first-order valence-electron chi connectivity index (χ1n) is 5.15. The molecule has 0 atom stereocenters. The first kappa shape index (κ1) is 12.5. The lowest BCUT2D eigenvalue weighted by Gasteiger charge is -2.05. The van der Waals surface area contributed by atoms with E-state index in [2.05, 4.69) is 5.32 Å². The molecule has 0 aliphatic heterocycles. The highest BCUT2D eigenvalue weighted by atomic mass is 16.5. The molecule has 0 aliphatic carbocycles. The highest BCUT2D eigenvalue weighted by Gasteiger charge is 1.99. The lowest BCUT2D eigenvalue weighted by atomic mass is 10.1. The van der Waals surface area contributed by atoms with Crippen LogP contribution < -0.4 is 10.1 Å². The van der Waals surface area contributed by atoms with Gasteiger partial charge in [0.25, 0.3) is 0 Å². The van der Waals surface area contributed by atoms with Crippen molar-refractivity contribution in [1.29, 1.82) is 0 Å². The number of carbonyl (C=O) groups is 1. The van der Waals surface area contributed by atoms with Crippen LogP contribution in [0.2, 0.25) is 0 Å². The lowest BCUT2D eigenvalue weighted by Crippen LogP contribution is -2.28. The average molecular weight is 223 g/mol. The Kier molecular flexibility index (Phi) is 5.36. The summed E-state index contributed by atoms with van der Waals surface area (Å²) < 4.78 is 9.77. The zero-order valence-corrected chi connectivity index (χ0v) is 9.66. The topological polar surface area (TPSA) is 47.6 Å². The molecule has 0 unspecified atom stereocenters. The molecule has 4 nitrogen and oxygen atoms in total. The average Bonchev–Trinajstić information content (AvgIpc) is 2.30. The number of hydrogen-bond donors (Lipinski definition) is 1. The summed E-state index contributed by atoms with van der Waals surface area (Å²) in [5.74, 6) is 0.753. The van der Waals surface area contributed by atoms with Crippen LogP contribution in [-0.4, -0.2) is 33.3 Å². The quantitative estimate of drug-likeness (QED) is 0.782. The van der Waals surface area contributed by atoms with E-state index in [-0.39, 0.29) is 12.5 Å². The maximum absolute atomic E-state index is 11.1. The predicted octanol–water partition coefficient (Wildman–Crippen LogP) is 1.00. The van der Waals surface area contributed by atoms with Crippen LogP contribution in [-0.2, 0) is 16.0 Å². The van der Waals surface area contributed by atoms with Crippen molar-refractivity contribution in [2.24, 2.45) is 0 Å². The molecular formula is C12H17NO3. The van der Waals surface area contributed by atoms with Crippen molar-refractivity contribution in [2.45, 2.75) is 6.42 Å². The molecule has 0 spiro atoms. The van der Waals surface area contributed by atoms with Gasteiger partial charge < -0.3 is 14.8 Å². The van der Waals surface area contributed by atoms with Crippen LogP contribution in [0.3, 0.4) is 0 Å². The van der Waals surface area contributed by atoms with E-state index < -0.39 is 0 Å². The Morgan fingerprint density at radius 2 is 1.94 bits per heavy atom. The fourth-order valence-electron chi connectivity index (χ4n) is 1.32. The van der Waals surface area contributed by atoms with Crippen molar-refractivity contribution < 1.29 is 14.3 Å². The van der Waals surface area contributed by atoms with Crippen LogP contribution in [0.5, 0.6) is 5.75 Å². The first-order chi connectivity index (χ1) is 7.76. The van der Waals surface area contributed by atoms with Gasteiger partial charge in [0, 0.05) is 13.7 Å². The van der Waals surface area contributed by atoms with E-state index >= 15 is 0 Å². The Morgan fingerprint density at radius 3 is 2.50 bits per heavy atom. The number of amides is 1. The Balaban J connectivity index is 2.29. The number of rotatable bonds is 6. The molecule has 1 N–H and O–H groups in total. The lowest BCUT2D eigenvalue weighted by molar-refractivity contribution is -0.124. The highest BCUT2D eigenvalue weighted by Crippen LogP contribution is 2.11. The molecule has 0 radical (unpaired) electrons. The van der Waals surface area contributed by atoms with Gasteiger partial charge in [-0.15, -0.1) is 0 Å². The smallest absolute Gasteiger partial charge is 0.245 e. The zero-order valence-electron chi connectivity index (χ0n) is 9.66. The van der Waals surface area contributed by atoms with Gasteiger partial charge >= 0.3 is 0 Å². The molecule has 0 bridgehead atoms. The molecule has 0 fully saturated rings. The van der Waals surface area contributed by atoms with Crippen molar-refractivity contribution in [1.82, 2.24) is 5.32 Å². The normalized spacial score (nSPS) is 9.88. The van der Waals surface area contributed by atoms with Gasteiger partial charge in [0.1, 0.15) is 12.4 Å². The van der Waals surface area contributed by atoms with E-state index in [4.69, 9.17) is 9.47 Å². The second-order valence-corrected chi connectivity index (χ2v) is 3.38. The number of benzene rings is 1. The molecule has 1 amide bonds. The molecule has 0 saturated carbocycles. The van der Waals surface area contributed by atoms with Gasteiger partial charge in [0.2, 0.25) is 5.91 Å². The van der Waals surface area contributed by atoms with Crippen molar-refractivity contribution in [3.63, 3.8) is 0 Å². The summed E-state index contributed by atoms with van der Waals surface area (Å²) in [6, 6.07) is 7.79. The van der Waals surface area contributed by atoms with Gasteiger partial charge in [-0.05, 0) is 24.1 Å². The van der Waals surface area contributed by atoms with E-state index in [1.807, 2.05) is 24.3 Å². The summed E-state index contributed by atoms with van der Waals surface area (Å²) in [6.07, 6.45) is 0.805. The van der Waals surface area contributed by atoms with Crippen LogP contribution in [0.15, 0.2) is 24.3 Å². The number of carbonyl (C=O) groups excluding carboxylic acids is 1. The first-order valence-corrected chi connectivity index (χ1v) is 5.15. The van der Waals surface area contributed by atoms with Gasteiger partial charge in [-0.25, -0.2) is 0 Å². The molecule has 0 heterocycles. The third-order valence-electron chi connectivity index (χ3n) is 2.17. The van der Waals surface area contributed by atoms with Crippen LogP contribution in [0.4, 0.5) is 0 Å². The van der Waals surface area contributed by atoms with Crippen molar-refractivity contribution in [3.8, 4) is 5.75 Å². The summed E-state index contributed by atoms with van der Waals surface area (Å²) in [5, 5.41) is 2.77. The minimum absolute atomic E-state index is 0.0870. The molecular weight excluding hydrogens is 206 g/mol. The molecule has 0 aromatic heterocycles. The second kappa shape index (κ2) is 6.85. The van der Waals surface area contributed by atoms with E-state index in [9.17, 15) is 4.79 Å². The fraction of sp³-hybridized carbons (Fsp3) is 0.417. The summed E-state index contributed by atoms with van der Waals surface area (Å²) >= 11 is 0. The van der Waals surface area contributed by atoms with Gasteiger partial charge in [0.15, 0.2) is 0 Å². The van der Waals surface area contributed by atoms with E-state index in [0.717, 1.165) is 12.2 Å². The van der Waals surface area contributed by atoms with Crippen LogP contribution in [0.1, 0.15) is 5.56 Å². The molecule has 0 aliphatic rings. The summed E-state index contributed by atoms with van der Waals surface area (Å²) in [5.41, 5.74) is 1.17. The summed E-state index contributed by atoms with van der Waals surface area (Å²) in [4.78, 5) is 11.1. The largest absolute Gasteiger partial charge is 0.497 e. The number of ether oxygens (including phenoxy) is 2. The van der Waals surface area contributed by atoms with Gasteiger partial charge in [-0.1, -0.05) is 12.1 Å². The molecule has 88 valence electrons. The van der Waals surface area contributed by atoms with Gasteiger partial charge in [-0.2, -0.15) is 0 Å². The third-order valence-corrected chi connectivity index (χ3v) is 2.17. The Bertz CT molecular complexity index is 322. The van der Waals surface area contributed by atoms with E-state index in [0.29, 0.717) is 6.54 Å². The second-order valence-electron chi connectivity index (χ2n) is 3.38. The maximum atomic E-state index is 11.1.